The summed E-state index contributed by atoms with van der Waals surface area (Å²) in [6.45, 7) is 6.49. The average Bonchev–Trinajstić information content (AvgIpc) is 2.50. The maximum atomic E-state index is 4.35. The van der Waals surface area contributed by atoms with Gasteiger partial charge in [0.25, 0.3) is 0 Å². The Morgan fingerprint density at radius 1 is 1.10 bits per heavy atom. The van der Waals surface area contributed by atoms with Gasteiger partial charge < -0.3 is 5.32 Å². The molecule has 0 fully saturated rings. The molecule has 0 saturated heterocycles. The molecule has 2 aromatic rings. The van der Waals surface area contributed by atoms with Crippen molar-refractivity contribution in [1.29, 1.82) is 0 Å². The summed E-state index contributed by atoms with van der Waals surface area (Å²) >= 11 is 1.89. The third kappa shape index (κ3) is 6.32. The van der Waals surface area contributed by atoms with E-state index in [0.29, 0.717) is 5.92 Å². The summed E-state index contributed by atoms with van der Waals surface area (Å²) in [6.07, 6.45) is 2.88. The Balaban J connectivity index is 1.72. The van der Waals surface area contributed by atoms with Crippen LogP contribution in [0, 0.1) is 5.92 Å². The number of benzene rings is 1. The number of pyridine rings is 1. The minimum Gasteiger partial charge on any atom is -0.312 e. The standard InChI is InChI=1S/C18H24N2S/c1-15(2)13-19-14-16-6-8-18(9-7-16)21-12-10-17-5-3-4-11-20-17/h3-9,11,15,19H,10,12-14H2,1-2H3. The van der Waals surface area contributed by atoms with Crippen molar-refractivity contribution in [3.8, 4) is 0 Å². The molecule has 0 aliphatic rings. The van der Waals surface area contributed by atoms with Gasteiger partial charge in [-0.3, -0.25) is 4.98 Å². The molecule has 0 amide bonds. The first kappa shape index (κ1) is 16.1. The average molecular weight is 300 g/mol. The van der Waals surface area contributed by atoms with Crippen LogP contribution in [0.2, 0.25) is 0 Å². The summed E-state index contributed by atoms with van der Waals surface area (Å²) < 4.78 is 0. The SMILES string of the molecule is CC(C)CNCc1ccc(SCCc2ccccn2)cc1. The van der Waals surface area contributed by atoms with Gasteiger partial charge in [0.05, 0.1) is 0 Å². The van der Waals surface area contributed by atoms with Gasteiger partial charge in [0.15, 0.2) is 0 Å². The van der Waals surface area contributed by atoms with Crippen molar-refractivity contribution in [2.24, 2.45) is 5.92 Å². The lowest BCUT2D eigenvalue weighted by molar-refractivity contribution is 0.552. The maximum absolute atomic E-state index is 4.35. The van der Waals surface area contributed by atoms with Crippen LogP contribution in [-0.2, 0) is 13.0 Å². The van der Waals surface area contributed by atoms with Crippen molar-refractivity contribution in [3.05, 3.63) is 59.9 Å². The van der Waals surface area contributed by atoms with Crippen LogP contribution < -0.4 is 5.32 Å². The zero-order chi connectivity index (χ0) is 14.9. The van der Waals surface area contributed by atoms with Gasteiger partial charge in [-0.1, -0.05) is 32.0 Å². The van der Waals surface area contributed by atoms with Crippen LogP contribution in [0.15, 0.2) is 53.6 Å². The summed E-state index contributed by atoms with van der Waals surface area (Å²) in [5.74, 6) is 1.77. The fraction of sp³-hybridized carbons (Fsp3) is 0.389. The summed E-state index contributed by atoms with van der Waals surface area (Å²) in [5, 5.41) is 3.47. The van der Waals surface area contributed by atoms with Crippen molar-refractivity contribution in [1.82, 2.24) is 10.3 Å². The Morgan fingerprint density at radius 3 is 2.57 bits per heavy atom. The van der Waals surface area contributed by atoms with Crippen molar-refractivity contribution >= 4 is 11.8 Å². The Hall–Kier alpha value is -1.32. The number of nitrogens with zero attached hydrogens (tertiary/aromatic N) is 1. The normalized spacial score (nSPS) is 11.0. The minimum atomic E-state index is 0.700. The molecule has 112 valence electrons. The Morgan fingerprint density at radius 2 is 1.90 bits per heavy atom. The molecule has 0 aliphatic carbocycles. The summed E-state index contributed by atoms with van der Waals surface area (Å²) in [5.41, 5.74) is 2.52. The number of thioether (sulfide) groups is 1. The van der Waals surface area contributed by atoms with Gasteiger partial charge in [0, 0.05) is 29.1 Å². The van der Waals surface area contributed by atoms with E-state index in [1.54, 1.807) is 0 Å². The summed E-state index contributed by atoms with van der Waals surface area (Å²) in [7, 11) is 0. The van der Waals surface area contributed by atoms with Crippen LogP contribution in [0.1, 0.15) is 25.1 Å². The largest absolute Gasteiger partial charge is 0.312 e. The molecule has 0 bridgehead atoms. The first-order chi connectivity index (χ1) is 10.2. The van der Waals surface area contributed by atoms with Crippen LogP contribution in [0.5, 0.6) is 0 Å². The number of hydrogen-bond donors (Lipinski definition) is 1. The zero-order valence-corrected chi connectivity index (χ0v) is 13.7. The van der Waals surface area contributed by atoms with Crippen molar-refractivity contribution in [2.75, 3.05) is 12.3 Å². The van der Waals surface area contributed by atoms with E-state index in [-0.39, 0.29) is 0 Å². The summed E-state index contributed by atoms with van der Waals surface area (Å²) in [4.78, 5) is 5.68. The van der Waals surface area contributed by atoms with Gasteiger partial charge in [-0.15, -0.1) is 11.8 Å². The van der Waals surface area contributed by atoms with Gasteiger partial charge in [0.1, 0.15) is 0 Å². The topological polar surface area (TPSA) is 24.9 Å². The lowest BCUT2D eigenvalue weighted by Crippen LogP contribution is -2.18. The molecule has 0 atom stereocenters. The molecular weight excluding hydrogens is 276 g/mol. The van der Waals surface area contributed by atoms with Crippen LogP contribution in [0.25, 0.3) is 0 Å². The Labute approximate surface area is 132 Å². The first-order valence-corrected chi connectivity index (χ1v) is 8.55. The highest BCUT2D eigenvalue weighted by atomic mass is 32.2. The number of rotatable bonds is 8. The van der Waals surface area contributed by atoms with Crippen LogP contribution >= 0.6 is 11.8 Å². The molecule has 1 N–H and O–H groups in total. The molecule has 21 heavy (non-hydrogen) atoms. The molecule has 3 heteroatoms. The van der Waals surface area contributed by atoms with Gasteiger partial charge >= 0.3 is 0 Å². The van der Waals surface area contributed by atoms with E-state index in [9.17, 15) is 0 Å². The van der Waals surface area contributed by atoms with Crippen LogP contribution in [-0.4, -0.2) is 17.3 Å². The van der Waals surface area contributed by atoms with E-state index in [1.807, 2.05) is 30.1 Å². The number of nitrogens with one attached hydrogen (secondary N) is 1. The van der Waals surface area contributed by atoms with Gasteiger partial charge in [-0.2, -0.15) is 0 Å². The third-order valence-corrected chi connectivity index (χ3v) is 4.17. The zero-order valence-electron chi connectivity index (χ0n) is 12.9. The van der Waals surface area contributed by atoms with Crippen molar-refractivity contribution < 1.29 is 0 Å². The molecule has 2 rings (SSSR count). The van der Waals surface area contributed by atoms with E-state index in [4.69, 9.17) is 0 Å². The fourth-order valence-corrected chi connectivity index (χ4v) is 2.90. The molecule has 1 aromatic heterocycles. The Bertz CT molecular complexity index is 509. The maximum Gasteiger partial charge on any atom is 0.0411 e. The van der Waals surface area contributed by atoms with E-state index in [1.165, 1.54) is 16.2 Å². The molecule has 0 aliphatic heterocycles. The monoisotopic (exact) mass is 300 g/mol. The highest BCUT2D eigenvalue weighted by Crippen LogP contribution is 2.19. The highest BCUT2D eigenvalue weighted by molar-refractivity contribution is 7.99. The molecule has 1 aromatic carbocycles. The van der Waals surface area contributed by atoms with E-state index in [2.05, 4.69) is 54.5 Å². The first-order valence-electron chi connectivity index (χ1n) is 7.56. The lowest BCUT2D eigenvalue weighted by atomic mass is 10.2. The second-order valence-corrected chi connectivity index (χ2v) is 6.76. The molecule has 0 saturated carbocycles. The molecule has 0 unspecified atom stereocenters. The van der Waals surface area contributed by atoms with E-state index < -0.39 is 0 Å². The lowest BCUT2D eigenvalue weighted by Gasteiger charge is -2.08. The van der Waals surface area contributed by atoms with Gasteiger partial charge in [-0.25, -0.2) is 0 Å². The van der Waals surface area contributed by atoms with E-state index >= 15 is 0 Å². The molecular formula is C18H24N2S. The second kappa shape index (κ2) is 8.85. The number of aryl methyl sites for hydroxylation is 1. The Kier molecular flexibility index (Phi) is 6.77. The smallest absolute Gasteiger partial charge is 0.0411 e. The van der Waals surface area contributed by atoms with Crippen LogP contribution in [0.3, 0.4) is 0 Å². The minimum absolute atomic E-state index is 0.700. The predicted molar refractivity (Wildman–Crippen MR) is 91.7 cm³/mol. The van der Waals surface area contributed by atoms with Crippen LogP contribution in [0.4, 0.5) is 0 Å². The van der Waals surface area contributed by atoms with Gasteiger partial charge in [-0.05, 0) is 48.7 Å². The molecule has 1 heterocycles. The quantitative estimate of drug-likeness (QED) is 0.741. The predicted octanol–water partition coefficient (Wildman–Crippen LogP) is 4.16. The molecule has 2 nitrogen and oxygen atoms in total. The molecule has 0 spiro atoms. The second-order valence-electron chi connectivity index (χ2n) is 5.59. The van der Waals surface area contributed by atoms with E-state index in [0.717, 1.165) is 25.3 Å². The molecule has 0 radical (unpaired) electrons. The number of aromatic nitrogens is 1. The third-order valence-electron chi connectivity index (χ3n) is 3.16. The highest BCUT2D eigenvalue weighted by Gasteiger charge is 1.98. The fourth-order valence-electron chi connectivity index (χ4n) is 2.03. The summed E-state index contributed by atoms with van der Waals surface area (Å²) in [6, 6.07) is 15.0. The van der Waals surface area contributed by atoms with Crippen molar-refractivity contribution in [2.45, 2.75) is 31.7 Å². The van der Waals surface area contributed by atoms with Crippen molar-refractivity contribution in [3.63, 3.8) is 0 Å². The van der Waals surface area contributed by atoms with Gasteiger partial charge in [0.2, 0.25) is 0 Å². The number of hydrogen-bond acceptors (Lipinski definition) is 3.